The minimum absolute atomic E-state index is 0.0989. The van der Waals surface area contributed by atoms with Crippen LogP contribution in [-0.4, -0.2) is 55.9 Å². The van der Waals surface area contributed by atoms with Crippen LogP contribution in [0.1, 0.15) is 11.7 Å². The van der Waals surface area contributed by atoms with Crippen LogP contribution in [0.15, 0.2) is 33.7 Å². The van der Waals surface area contributed by atoms with E-state index < -0.39 is 10.0 Å². The molecule has 2 heterocycles. The highest BCUT2D eigenvalue weighted by molar-refractivity contribution is 7.89. The van der Waals surface area contributed by atoms with Crippen molar-refractivity contribution in [3.63, 3.8) is 0 Å². The van der Waals surface area contributed by atoms with Gasteiger partial charge in [-0.3, -0.25) is 4.90 Å². The minimum atomic E-state index is -3.66. The Morgan fingerprint density at radius 1 is 1.28 bits per heavy atom. The Labute approximate surface area is 152 Å². The fraction of sp³-hybridized carbons (Fsp3) is 0.438. The Kier molecular flexibility index (Phi) is 5.33. The van der Waals surface area contributed by atoms with Gasteiger partial charge in [0.25, 0.3) is 0 Å². The summed E-state index contributed by atoms with van der Waals surface area (Å²) in [5, 5.41) is 0.360. The number of piperazine rings is 1. The van der Waals surface area contributed by atoms with Gasteiger partial charge in [0, 0.05) is 38.1 Å². The lowest BCUT2D eigenvalue weighted by atomic mass is 10.3. The summed E-state index contributed by atoms with van der Waals surface area (Å²) in [7, 11) is -2.21. The second-order valence-corrected chi connectivity index (χ2v) is 8.16. The number of sulfonamides is 1. The van der Waals surface area contributed by atoms with Gasteiger partial charge in [0.15, 0.2) is 5.89 Å². The summed E-state index contributed by atoms with van der Waals surface area (Å²) in [5.74, 6) is 1.71. The fourth-order valence-electron chi connectivity index (χ4n) is 2.82. The van der Waals surface area contributed by atoms with Crippen LogP contribution in [0.4, 0.5) is 0 Å². The largest absolute Gasteiger partial charge is 0.495 e. The number of aryl methyl sites for hydroxylation is 1. The Bertz CT molecular complexity index is 845. The molecule has 136 valence electrons. The molecule has 1 aromatic carbocycles. The molecule has 1 fully saturated rings. The van der Waals surface area contributed by atoms with Gasteiger partial charge < -0.3 is 9.15 Å². The van der Waals surface area contributed by atoms with Crippen molar-refractivity contribution >= 4 is 21.6 Å². The van der Waals surface area contributed by atoms with Crippen molar-refractivity contribution < 1.29 is 17.6 Å². The summed E-state index contributed by atoms with van der Waals surface area (Å²) < 4.78 is 38.0. The Hall–Kier alpha value is -1.61. The number of oxazole rings is 1. The summed E-state index contributed by atoms with van der Waals surface area (Å²) >= 11 is 5.97. The van der Waals surface area contributed by atoms with Crippen LogP contribution in [0.5, 0.6) is 5.75 Å². The maximum Gasteiger partial charge on any atom is 0.246 e. The van der Waals surface area contributed by atoms with Crippen LogP contribution in [0, 0.1) is 6.92 Å². The number of rotatable bonds is 5. The van der Waals surface area contributed by atoms with Crippen molar-refractivity contribution in [3.05, 3.63) is 41.1 Å². The molecule has 0 aliphatic carbocycles. The number of benzene rings is 1. The van der Waals surface area contributed by atoms with Gasteiger partial charge in [0.05, 0.1) is 19.9 Å². The van der Waals surface area contributed by atoms with Crippen molar-refractivity contribution in [1.82, 2.24) is 14.2 Å². The third-order valence-corrected chi connectivity index (χ3v) is 6.28. The molecular formula is C16H20ClN3O4S. The van der Waals surface area contributed by atoms with Gasteiger partial charge in [-0.1, -0.05) is 11.6 Å². The zero-order chi connectivity index (χ0) is 18.0. The first-order chi connectivity index (χ1) is 11.9. The zero-order valence-corrected chi connectivity index (χ0v) is 15.7. The Morgan fingerprint density at radius 3 is 2.60 bits per heavy atom. The fourth-order valence-corrected chi connectivity index (χ4v) is 4.66. The minimum Gasteiger partial charge on any atom is -0.495 e. The molecule has 1 aliphatic heterocycles. The summed E-state index contributed by atoms with van der Waals surface area (Å²) in [5.41, 5.74) is 0. The van der Waals surface area contributed by atoms with Gasteiger partial charge in [-0.15, -0.1) is 0 Å². The van der Waals surface area contributed by atoms with Crippen molar-refractivity contribution in [1.29, 1.82) is 0 Å². The smallest absolute Gasteiger partial charge is 0.246 e. The monoisotopic (exact) mass is 385 g/mol. The molecule has 0 atom stereocenters. The van der Waals surface area contributed by atoms with E-state index in [1.54, 1.807) is 25.3 Å². The number of ether oxygens (including phenoxy) is 1. The van der Waals surface area contributed by atoms with Gasteiger partial charge in [0.2, 0.25) is 10.0 Å². The number of methoxy groups -OCH3 is 1. The lowest BCUT2D eigenvalue weighted by Crippen LogP contribution is -2.48. The van der Waals surface area contributed by atoms with Crippen molar-refractivity contribution in [2.75, 3.05) is 33.3 Å². The molecule has 3 rings (SSSR count). The Balaban J connectivity index is 1.70. The molecule has 7 nitrogen and oxygen atoms in total. The van der Waals surface area contributed by atoms with Gasteiger partial charge >= 0.3 is 0 Å². The molecule has 25 heavy (non-hydrogen) atoms. The SMILES string of the molecule is COc1ccc(Cl)cc1S(=O)(=O)N1CCN(Cc2cnc(C)o2)CC1. The van der Waals surface area contributed by atoms with Gasteiger partial charge in [0.1, 0.15) is 16.4 Å². The van der Waals surface area contributed by atoms with Crippen LogP contribution in [-0.2, 0) is 16.6 Å². The first-order valence-corrected chi connectivity index (χ1v) is 9.69. The number of aromatic nitrogens is 1. The van der Waals surface area contributed by atoms with Crippen LogP contribution >= 0.6 is 11.6 Å². The van der Waals surface area contributed by atoms with E-state index in [0.29, 0.717) is 49.4 Å². The molecule has 0 bridgehead atoms. The van der Waals surface area contributed by atoms with Crippen LogP contribution < -0.4 is 4.74 Å². The highest BCUT2D eigenvalue weighted by atomic mass is 35.5. The molecule has 2 aromatic rings. The van der Waals surface area contributed by atoms with Crippen LogP contribution in [0.3, 0.4) is 0 Å². The molecule has 0 N–H and O–H groups in total. The lowest BCUT2D eigenvalue weighted by molar-refractivity contribution is 0.170. The van der Waals surface area contributed by atoms with Gasteiger partial charge in [-0.2, -0.15) is 4.31 Å². The normalized spacial score (nSPS) is 16.9. The first kappa shape index (κ1) is 18.2. The predicted octanol–water partition coefficient (Wildman–Crippen LogP) is 2.15. The summed E-state index contributed by atoms with van der Waals surface area (Å²) in [6, 6.07) is 4.60. The van der Waals surface area contributed by atoms with Gasteiger partial charge in [-0.25, -0.2) is 13.4 Å². The average Bonchev–Trinajstić information content (AvgIpc) is 3.00. The maximum absolute atomic E-state index is 12.9. The van der Waals surface area contributed by atoms with E-state index in [-0.39, 0.29) is 4.90 Å². The molecular weight excluding hydrogens is 366 g/mol. The number of hydrogen-bond acceptors (Lipinski definition) is 6. The van der Waals surface area contributed by atoms with E-state index in [1.165, 1.54) is 17.5 Å². The maximum atomic E-state index is 12.9. The highest BCUT2D eigenvalue weighted by Crippen LogP contribution is 2.30. The topological polar surface area (TPSA) is 75.9 Å². The second kappa shape index (κ2) is 7.33. The van der Waals surface area contributed by atoms with Crippen LogP contribution in [0.2, 0.25) is 5.02 Å². The first-order valence-electron chi connectivity index (χ1n) is 7.87. The number of halogens is 1. The van der Waals surface area contributed by atoms with E-state index in [2.05, 4.69) is 9.88 Å². The molecule has 1 saturated heterocycles. The van der Waals surface area contributed by atoms with E-state index in [1.807, 2.05) is 0 Å². The quantitative estimate of drug-likeness (QED) is 0.785. The highest BCUT2D eigenvalue weighted by Gasteiger charge is 2.31. The molecule has 0 amide bonds. The van der Waals surface area contributed by atoms with E-state index in [0.717, 1.165) is 5.76 Å². The standard InChI is InChI=1S/C16H20ClN3O4S/c1-12-18-10-14(24-12)11-19-5-7-20(8-6-19)25(21,22)16-9-13(17)3-4-15(16)23-2/h3-4,9-10H,5-8,11H2,1-2H3. The Morgan fingerprint density at radius 2 is 2.00 bits per heavy atom. The van der Waals surface area contributed by atoms with E-state index in [4.69, 9.17) is 20.8 Å². The average molecular weight is 386 g/mol. The number of nitrogens with zero attached hydrogens (tertiary/aromatic N) is 3. The lowest BCUT2D eigenvalue weighted by Gasteiger charge is -2.33. The predicted molar refractivity (Wildman–Crippen MR) is 93.3 cm³/mol. The zero-order valence-electron chi connectivity index (χ0n) is 14.1. The summed E-state index contributed by atoms with van der Waals surface area (Å²) in [6.45, 7) is 4.43. The summed E-state index contributed by atoms with van der Waals surface area (Å²) in [6.07, 6.45) is 1.70. The third kappa shape index (κ3) is 3.98. The molecule has 1 aliphatic rings. The van der Waals surface area contributed by atoms with E-state index >= 15 is 0 Å². The molecule has 0 spiro atoms. The third-order valence-electron chi connectivity index (χ3n) is 4.12. The van der Waals surface area contributed by atoms with Crippen molar-refractivity contribution in [2.45, 2.75) is 18.4 Å². The molecule has 0 unspecified atom stereocenters. The summed E-state index contributed by atoms with van der Waals surface area (Å²) in [4.78, 5) is 6.32. The van der Waals surface area contributed by atoms with Crippen molar-refractivity contribution in [2.24, 2.45) is 0 Å². The second-order valence-electron chi connectivity index (χ2n) is 5.82. The van der Waals surface area contributed by atoms with Crippen molar-refractivity contribution in [3.8, 4) is 5.75 Å². The van der Waals surface area contributed by atoms with Gasteiger partial charge in [-0.05, 0) is 18.2 Å². The van der Waals surface area contributed by atoms with Crippen LogP contribution in [0.25, 0.3) is 0 Å². The molecule has 0 radical (unpaired) electrons. The molecule has 1 aromatic heterocycles. The molecule has 9 heteroatoms. The number of hydrogen-bond donors (Lipinski definition) is 0. The van der Waals surface area contributed by atoms with E-state index in [9.17, 15) is 8.42 Å². The molecule has 0 saturated carbocycles.